The molecule has 0 spiro atoms. The number of nitrogens with zero attached hydrogens (tertiary/aromatic N) is 1. The molecular weight excluding hydrogens is 222 g/mol. The van der Waals surface area contributed by atoms with Crippen LogP contribution >= 0.6 is 0 Å². The van der Waals surface area contributed by atoms with Crippen LogP contribution < -0.4 is 9.47 Å². The third kappa shape index (κ3) is 2.67. The second kappa shape index (κ2) is 5.75. The molecule has 0 aromatic heterocycles. The van der Waals surface area contributed by atoms with Gasteiger partial charge < -0.3 is 14.2 Å². The van der Waals surface area contributed by atoms with Crippen molar-refractivity contribution in [2.24, 2.45) is 0 Å². The maximum Gasteiger partial charge on any atom is 0.343 e. The average Bonchev–Trinajstić information content (AvgIpc) is 2.37. The minimum atomic E-state index is -0.580. The van der Waals surface area contributed by atoms with Crippen molar-refractivity contribution in [1.82, 2.24) is 0 Å². The third-order valence-electron chi connectivity index (χ3n) is 2.13. The summed E-state index contributed by atoms with van der Waals surface area (Å²) < 4.78 is 15.0. The van der Waals surface area contributed by atoms with E-state index in [4.69, 9.17) is 19.5 Å². The fourth-order valence-electron chi connectivity index (χ4n) is 1.37. The number of carbonyl (C=O) groups excluding carboxylic acids is 1. The molecule has 0 amide bonds. The zero-order valence-corrected chi connectivity index (χ0v) is 9.94. The highest BCUT2D eigenvalue weighted by Crippen LogP contribution is 2.29. The molecule has 17 heavy (non-hydrogen) atoms. The summed E-state index contributed by atoms with van der Waals surface area (Å²) >= 11 is 0. The van der Waals surface area contributed by atoms with E-state index >= 15 is 0 Å². The van der Waals surface area contributed by atoms with Crippen molar-refractivity contribution in [3.8, 4) is 17.6 Å². The van der Waals surface area contributed by atoms with E-state index in [2.05, 4.69) is 0 Å². The lowest BCUT2D eigenvalue weighted by atomic mass is 10.1. The Balaban J connectivity index is 3.35. The highest BCUT2D eigenvalue weighted by Gasteiger charge is 2.20. The monoisotopic (exact) mass is 235 g/mol. The standard InChI is InChI=1S/C12H13NO4/c1-4-17-12(14)11-8(7-13)5-9(15-2)6-10(11)16-3/h5-6H,4H2,1-3H3. The lowest BCUT2D eigenvalue weighted by molar-refractivity contribution is 0.0522. The van der Waals surface area contributed by atoms with Gasteiger partial charge in [-0.3, -0.25) is 0 Å². The molecule has 0 fully saturated rings. The summed E-state index contributed by atoms with van der Waals surface area (Å²) in [6.07, 6.45) is 0. The molecular formula is C12H13NO4. The van der Waals surface area contributed by atoms with Gasteiger partial charge in [-0.1, -0.05) is 0 Å². The molecule has 1 aromatic rings. The highest BCUT2D eigenvalue weighted by atomic mass is 16.5. The Labute approximate surface area is 99.5 Å². The SMILES string of the molecule is CCOC(=O)c1c(C#N)cc(OC)cc1OC. The predicted octanol–water partition coefficient (Wildman–Crippen LogP) is 1.75. The van der Waals surface area contributed by atoms with Crippen LogP contribution in [0, 0.1) is 11.3 Å². The van der Waals surface area contributed by atoms with Gasteiger partial charge in [0.2, 0.25) is 0 Å². The molecule has 1 aromatic carbocycles. The molecule has 1 rings (SSSR count). The van der Waals surface area contributed by atoms with Crippen LogP contribution in [0.3, 0.4) is 0 Å². The molecule has 0 aliphatic carbocycles. The molecule has 0 saturated heterocycles. The first-order valence-electron chi connectivity index (χ1n) is 5.01. The van der Waals surface area contributed by atoms with Gasteiger partial charge in [0.05, 0.1) is 26.4 Å². The molecule has 0 aliphatic heterocycles. The molecule has 0 aliphatic rings. The van der Waals surface area contributed by atoms with Crippen LogP contribution in [0.15, 0.2) is 12.1 Å². The number of ether oxygens (including phenoxy) is 3. The second-order valence-electron chi connectivity index (χ2n) is 3.08. The molecule has 0 N–H and O–H groups in total. The summed E-state index contributed by atoms with van der Waals surface area (Å²) in [6, 6.07) is 4.93. The Bertz CT molecular complexity index is 462. The van der Waals surface area contributed by atoms with Crippen molar-refractivity contribution in [3.63, 3.8) is 0 Å². The largest absolute Gasteiger partial charge is 0.497 e. The van der Waals surface area contributed by atoms with Gasteiger partial charge in [0.1, 0.15) is 23.1 Å². The van der Waals surface area contributed by atoms with Gasteiger partial charge in [0, 0.05) is 6.07 Å². The van der Waals surface area contributed by atoms with Crippen LogP contribution in [-0.4, -0.2) is 26.8 Å². The maximum absolute atomic E-state index is 11.7. The van der Waals surface area contributed by atoms with Crippen LogP contribution in [0.4, 0.5) is 0 Å². The lowest BCUT2D eigenvalue weighted by Crippen LogP contribution is -2.09. The van der Waals surface area contributed by atoms with Crippen LogP contribution in [-0.2, 0) is 4.74 Å². The van der Waals surface area contributed by atoms with E-state index in [1.54, 1.807) is 6.92 Å². The molecule has 0 bridgehead atoms. The van der Waals surface area contributed by atoms with Gasteiger partial charge >= 0.3 is 5.97 Å². The zero-order chi connectivity index (χ0) is 12.8. The smallest absolute Gasteiger partial charge is 0.343 e. The summed E-state index contributed by atoms with van der Waals surface area (Å²) in [5, 5.41) is 9.01. The van der Waals surface area contributed by atoms with Gasteiger partial charge in [-0.2, -0.15) is 5.26 Å². The number of hydrogen-bond acceptors (Lipinski definition) is 5. The summed E-state index contributed by atoms with van der Waals surface area (Å²) in [7, 11) is 2.89. The Kier molecular flexibility index (Phi) is 4.35. The van der Waals surface area contributed by atoms with Crippen molar-refractivity contribution < 1.29 is 19.0 Å². The fourth-order valence-corrected chi connectivity index (χ4v) is 1.37. The average molecular weight is 235 g/mol. The maximum atomic E-state index is 11.7. The summed E-state index contributed by atoms with van der Waals surface area (Å²) in [5.74, 6) is 0.134. The number of methoxy groups -OCH3 is 2. The number of esters is 1. The number of carbonyl (C=O) groups is 1. The van der Waals surface area contributed by atoms with Crippen LogP contribution in [0.5, 0.6) is 11.5 Å². The number of benzene rings is 1. The van der Waals surface area contributed by atoms with Gasteiger partial charge in [-0.25, -0.2) is 4.79 Å². The Morgan fingerprint density at radius 3 is 2.53 bits per heavy atom. The van der Waals surface area contributed by atoms with Gasteiger partial charge in [-0.05, 0) is 13.0 Å². The van der Waals surface area contributed by atoms with E-state index in [1.165, 1.54) is 26.4 Å². The van der Waals surface area contributed by atoms with Crippen LogP contribution in [0.2, 0.25) is 0 Å². The van der Waals surface area contributed by atoms with Gasteiger partial charge in [0.25, 0.3) is 0 Å². The summed E-state index contributed by atoms with van der Waals surface area (Å²) in [6.45, 7) is 1.93. The van der Waals surface area contributed by atoms with Crippen molar-refractivity contribution in [1.29, 1.82) is 5.26 Å². The Morgan fingerprint density at radius 1 is 1.35 bits per heavy atom. The number of nitriles is 1. The van der Waals surface area contributed by atoms with Crippen molar-refractivity contribution >= 4 is 5.97 Å². The first kappa shape index (κ1) is 12.8. The van der Waals surface area contributed by atoms with Crippen molar-refractivity contribution in [2.75, 3.05) is 20.8 Å². The Morgan fingerprint density at radius 2 is 2.06 bits per heavy atom. The molecule has 0 atom stereocenters. The topological polar surface area (TPSA) is 68.6 Å². The zero-order valence-electron chi connectivity index (χ0n) is 9.94. The molecule has 0 unspecified atom stereocenters. The van der Waals surface area contributed by atoms with E-state index in [-0.39, 0.29) is 23.5 Å². The predicted molar refractivity (Wildman–Crippen MR) is 60.2 cm³/mol. The normalized spacial score (nSPS) is 9.29. The van der Waals surface area contributed by atoms with E-state index in [9.17, 15) is 4.79 Å². The van der Waals surface area contributed by atoms with Crippen molar-refractivity contribution in [3.05, 3.63) is 23.3 Å². The van der Waals surface area contributed by atoms with E-state index in [0.29, 0.717) is 5.75 Å². The van der Waals surface area contributed by atoms with Gasteiger partial charge in [0.15, 0.2) is 0 Å². The van der Waals surface area contributed by atoms with Crippen LogP contribution in [0.1, 0.15) is 22.8 Å². The molecule has 0 radical (unpaired) electrons. The molecule has 0 heterocycles. The first-order valence-corrected chi connectivity index (χ1v) is 5.01. The molecule has 5 nitrogen and oxygen atoms in total. The molecule has 5 heteroatoms. The third-order valence-corrected chi connectivity index (χ3v) is 2.13. The molecule has 90 valence electrons. The van der Waals surface area contributed by atoms with Crippen LogP contribution in [0.25, 0.3) is 0 Å². The fraction of sp³-hybridized carbons (Fsp3) is 0.333. The molecule has 0 saturated carbocycles. The Hall–Kier alpha value is -2.22. The van der Waals surface area contributed by atoms with Gasteiger partial charge in [-0.15, -0.1) is 0 Å². The minimum Gasteiger partial charge on any atom is -0.497 e. The van der Waals surface area contributed by atoms with Crippen molar-refractivity contribution in [2.45, 2.75) is 6.92 Å². The summed E-state index contributed by atoms with van der Waals surface area (Å²) in [4.78, 5) is 11.7. The van der Waals surface area contributed by atoms with E-state index in [0.717, 1.165) is 0 Å². The summed E-state index contributed by atoms with van der Waals surface area (Å²) in [5.41, 5.74) is 0.289. The number of hydrogen-bond donors (Lipinski definition) is 0. The quantitative estimate of drug-likeness (QED) is 0.743. The highest BCUT2D eigenvalue weighted by molar-refractivity contribution is 5.95. The minimum absolute atomic E-state index is 0.123. The first-order chi connectivity index (χ1) is 8.17. The lowest BCUT2D eigenvalue weighted by Gasteiger charge is -2.11. The van der Waals surface area contributed by atoms with E-state index < -0.39 is 5.97 Å². The van der Waals surface area contributed by atoms with E-state index in [1.807, 2.05) is 6.07 Å². The number of rotatable bonds is 4. The second-order valence-corrected chi connectivity index (χ2v) is 3.08.